The molecule has 24 heteroatoms. The molecule has 2 aliphatic heterocycles. The third-order valence-corrected chi connectivity index (χ3v) is 16.3. The summed E-state index contributed by atoms with van der Waals surface area (Å²) in [5.74, 6) is 2.15. The van der Waals surface area contributed by atoms with Gasteiger partial charge in [0.1, 0.15) is 28.5 Å². The monoisotopic (exact) mass is 1160 g/mol. The maximum atomic E-state index is 13.3. The predicted octanol–water partition coefficient (Wildman–Crippen LogP) is 9.91. The highest BCUT2D eigenvalue weighted by molar-refractivity contribution is 7.12. The first-order valence-corrected chi connectivity index (χ1v) is 29.2. The predicted molar refractivity (Wildman–Crippen MR) is 315 cm³/mol. The van der Waals surface area contributed by atoms with E-state index < -0.39 is 17.4 Å². The Bertz CT molecular complexity index is 3280. The molecule has 4 aromatic heterocycles. The largest absolute Gasteiger partial charge is 0.479 e. The van der Waals surface area contributed by atoms with E-state index in [2.05, 4.69) is 97.8 Å². The van der Waals surface area contributed by atoms with Crippen molar-refractivity contribution >= 4 is 63.9 Å². The Balaban J connectivity index is 0.000000201. The van der Waals surface area contributed by atoms with Crippen LogP contribution in [0.5, 0.6) is 45.4 Å². The van der Waals surface area contributed by atoms with E-state index in [4.69, 9.17) is 33.2 Å². The number of aryl methyl sites for hydroxylation is 4. The van der Waals surface area contributed by atoms with Crippen molar-refractivity contribution in [2.24, 2.45) is 0 Å². The molecular weight excluding hydrogens is 1090 g/mol. The second-order valence-corrected chi connectivity index (χ2v) is 24.4. The number of fused-ring (bicyclic) bond motifs is 2. The lowest BCUT2D eigenvalue weighted by molar-refractivity contribution is 0.0263. The summed E-state index contributed by atoms with van der Waals surface area (Å²) >= 11 is 2.51. The molecule has 0 spiro atoms. The molecule has 6 heterocycles. The number of amides is 3. The van der Waals surface area contributed by atoms with Crippen LogP contribution in [0, 0.1) is 13.8 Å². The van der Waals surface area contributed by atoms with Crippen LogP contribution in [0.4, 0.5) is 28.1 Å². The van der Waals surface area contributed by atoms with Gasteiger partial charge in [-0.25, -0.2) is 4.79 Å². The molecule has 438 valence electrons. The number of anilines is 4. The van der Waals surface area contributed by atoms with Gasteiger partial charge in [0, 0.05) is 63.1 Å². The Hall–Kier alpha value is -7.57. The number of piperazine rings is 1. The molecule has 10 rings (SSSR count). The van der Waals surface area contributed by atoms with Gasteiger partial charge in [0.2, 0.25) is 35.4 Å². The van der Waals surface area contributed by atoms with Crippen LogP contribution in [0.3, 0.4) is 0 Å². The fourth-order valence-electron chi connectivity index (χ4n) is 10.3. The van der Waals surface area contributed by atoms with Crippen molar-refractivity contribution in [3.05, 3.63) is 79.8 Å². The van der Waals surface area contributed by atoms with Crippen molar-refractivity contribution in [1.82, 2.24) is 40.1 Å². The van der Waals surface area contributed by atoms with E-state index >= 15 is 0 Å². The molecule has 6 aromatic rings. The third-order valence-electron chi connectivity index (χ3n) is 14.9. The highest BCUT2D eigenvalue weighted by atomic mass is 32.1. The molecule has 82 heavy (non-hydrogen) atoms. The van der Waals surface area contributed by atoms with Gasteiger partial charge in [-0.3, -0.25) is 9.59 Å². The third kappa shape index (κ3) is 13.3. The Morgan fingerprint density at radius 3 is 1.43 bits per heavy atom. The molecule has 2 aliphatic carbocycles. The molecule has 2 saturated heterocycles. The standard InChI is InChI=1S/C32H42N6O6S.C26H32N6O4S/c1-19-16-20-10-11-32(5,6)21(20)17-23(19)43-29-33-22(18-45-29)25(39)34-24-26(41-7)35-28(36-27(24)42-8)37-12-9-13-38(15-14-37)30(40)44-31(2,3)4;1-15-12-16-6-7-26(2,3)17(16)13-19(15)36-25-28-18(14-37-25)21(33)29-20-22(34-4)30-24(31-23(20)35-5)32-10-8-27-9-11-32/h16-18H,9-15H2,1-8H3,(H,34,39);12-14,27H,6-11H2,1-5H3,(H,29,33). The zero-order chi connectivity index (χ0) is 58.7. The Kier molecular flexibility index (Phi) is 17.6. The van der Waals surface area contributed by atoms with E-state index in [1.54, 1.807) is 15.7 Å². The molecule has 0 saturated carbocycles. The molecule has 4 aliphatic rings. The summed E-state index contributed by atoms with van der Waals surface area (Å²) in [7, 11) is 5.91. The van der Waals surface area contributed by atoms with Crippen LogP contribution in [0.2, 0.25) is 0 Å². The summed E-state index contributed by atoms with van der Waals surface area (Å²) in [6, 6.07) is 8.60. The molecule has 22 nitrogen and oxygen atoms in total. The zero-order valence-electron chi connectivity index (χ0n) is 49.1. The molecule has 0 bridgehead atoms. The highest BCUT2D eigenvalue weighted by Gasteiger charge is 2.34. The minimum absolute atomic E-state index is 0.0957. The van der Waals surface area contributed by atoms with Crippen LogP contribution >= 0.6 is 22.7 Å². The fourth-order valence-corrected chi connectivity index (χ4v) is 11.6. The van der Waals surface area contributed by atoms with Crippen LogP contribution in [0.1, 0.15) is 122 Å². The van der Waals surface area contributed by atoms with Crippen molar-refractivity contribution in [1.29, 1.82) is 0 Å². The van der Waals surface area contributed by atoms with E-state index in [9.17, 15) is 14.4 Å². The summed E-state index contributed by atoms with van der Waals surface area (Å²) in [4.78, 5) is 71.7. The highest BCUT2D eigenvalue weighted by Crippen LogP contribution is 2.44. The van der Waals surface area contributed by atoms with Crippen molar-refractivity contribution < 1.29 is 47.5 Å². The number of thiazole rings is 2. The van der Waals surface area contributed by atoms with Crippen molar-refractivity contribution in [2.75, 3.05) is 101 Å². The Morgan fingerprint density at radius 1 is 0.585 bits per heavy atom. The first-order valence-electron chi connectivity index (χ1n) is 27.4. The molecular formula is C58H74N12O10S2. The van der Waals surface area contributed by atoms with Crippen molar-refractivity contribution in [2.45, 2.75) is 111 Å². The smallest absolute Gasteiger partial charge is 0.410 e. The lowest BCUT2D eigenvalue weighted by Gasteiger charge is -2.28. The lowest BCUT2D eigenvalue weighted by Crippen LogP contribution is -2.44. The normalized spacial score (nSPS) is 16.2. The number of benzene rings is 2. The van der Waals surface area contributed by atoms with Gasteiger partial charge in [0.25, 0.3) is 22.2 Å². The summed E-state index contributed by atoms with van der Waals surface area (Å²) in [6.07, 6.45) is 4.73. The molecule has 0 atom stereocenters. The Morgan fingerprint density at radius 2 is 1.01 bits per heavy atom. The average molecular weight is 1160 g/mol. The van der Waals surface area contributed by atoms with Gasteiger partial charge in [-0.05, 0) is 123 Å². The number of carbonyl (C=O) groups is 3. The second-order valence-electron chi connectivity index (χ2n) is 22.8. The maximum absolute atomic E-state index is 13.3. The quantitative estimate of drug-likeness (QED) is 0.0919. The summed E-state index contributed by atoms with van der Waals surface area (Å²) in [5.41, 5.74) is 7.90. The molecule has 2 fully saturated rings. The van der Waals surface area contributed by atoms with Gasteiger partial charge in [0.15, 0.2) is 11.4 Å². The number of nitrogens with one attached hydrogen (secondary N) is 3. The van der Waals surface area contributed by atoms with Crippen molar-refractivity contribution in [3.63, 3.8) is 0 Å². The molecule has 0 unspecified atom stereocenters. The van der Waals surface area contributed by atoms with Crippen LogP contribution in [-0.4, -0.2) is 139 Å². The molecule has 0 radical (unpaired) electrons. The van der Waals surface area contributed by atoms with Gasteiger partial charge in [-0.1, -0.05) is 62.5 Å². The van der Waals surface area contributed by atoms with Gasteiger partial charge >= 0.3 is 6.09 Å². The van der Waals surface area contributed by atoms with Crippen molar-refractivity contribution in [3.8, 4) is 45.4 Å². The van der Waals surface area contributed by atoms with Crippen LogP contribution in [0.15, 0.2) is 35.0 Å². The van der Waals surface area contributed by atoms with E-state index in [1.807, 2.05) is 44.4 Å². The molecule has 3 N–H and O–H groups in total. The first-order chi connectivity index (χ1) is 39.1. The summed E-state index contributed by atoms with van der Waals surface area (Å²) in [6.45, 7) is 23.9. The minimum atomic E-state index is -0.571. The van der Waals surface area contributed by atoms with Gasteiger partial charge < -0.3 is 63.8 Å². The average Bonchev–Trinajstić information content (AvgIpc) is 3.85. The SMILES string of the molecule is COc1nc(N2CCCN(C(=O)OC(C)(C)C)CC2)nc(OC)c1NC(=O)c1csc(Oc2cc3c(cc2C)CCC3(C)C)n1.COc1nc(N2CCNCC2)nc(OC)c1NC(=O)c1csc(Oc2cc3c(cc2C)CCC3(C)C)n1. The lowest BCUT2D eigenvalue weighted by atomic mass is 9.86. The summed E-state index contributed by atoms with van der Waals surface area (Å²) < 4.78 is 39.9. The zero-order valence-corrected chi connectivity index (χ0v) is 50.7. The van der Waals surface area contributed by atoms with E-state index in [0.717, 1.165) is 74.5 Å². The van der Waals surface area contributed by atoms with Gasteiger partial charge in [-0.15, -0.1) is 0 Å². The number of ether oxygens (including phenoxy) is 7. The summed E-state index contributed by atoms with van der Waals surface area (Å²) in [5, 5.41) is 13.0. The van der Waals surface area contributed by atoms with Crippen LogP contribution in [-0.2, 0) is 28.4 Å². The number of rotatable bonds is 14. The topological polar surface area (TPSA) is 239 Å². The van der Waals surface area contributed by atoms with E-state index in [-0.39, 0.29) is 63.2 Å². The fraction of sp³-hybridized carbons (Fsp3) is 0.500. The maximum Gasteiger partial charge on any atom is 0.410 e. The minimum Gasteiger partial charge on any atom is -0.479 e. The number of nitrogens with zero attached hydrogens (tertiary/aromatic N) is 9. The number of hydrogen-bond donors (Lipinski definition) is 3. The van der Waals surface area contributed by atoms with Gasteiger partial charge in [-0.2, -0.15) is 29.9 Å². The molecule has 3 amide bonds. The van der Waals surface area contributed by atoms with E-state index in [1.165, 1.54) is 73.4 Å². The van der Waals surface area contributed by atoms with Crippen LogP contribution < -0.4 is 54.2 Å². The second kappa shape index (κ2) is 24.5. The van der Waals surface area contributed by atoms with Crippen LogP contribution in [0.25, 0.3) is 0 Å². The number of methoxy groups -OCH3 is 4. The first kappa shape index (κ1) is 59.1. The number of hydrogen-bond acceptors (Lipinski definition) is 21. The van der Waals surface area contributed by atoms with E-state index in [0.29, 0.717) is 54.9 Å². The number of aromatic nitrogens is 6. The Labute approximate surface area is 486 Å². The number of carbonyl (C=O) groups excluding carboxylic acids is 3. The molecule has 2 aromatic carbocycles. The van der Waals surface area contributed by atoms with Gasteiger partial charge in [0.05, 0.1) is 28.4 Å².